The molecule has 124 valence electrons. The topological polar surface area (TPSA) is 59.2 Å². The lowest BCUT2D eigenvalue weighted by molar-refractivity contribution is 0.0699. The highest BCUT2D eigenvalue weighted by atomic mass is 32.1. The Morgan fingerprint density at radius 2 is 2.25 bits per heavy atom. The molecule has 7 heteroatoms. The predicted octanol–water partition coefficient (Wildman–Crippen LogP) is 4.19. The molecule has 1 fully saturated rings. The van der Waals surface area contributed by atoms with Gasteiger partial charge in [0.05, 0.1) is 16.4 Å². The highest BCUT2D eigenvalue weighted by molar-refractivity contribution is 7.15. The van der Waals surface area contributed by atoms with Gasteiger partial charge in [-0.05, 0) is 43.3 Å². The Bertz CT molecular complexity index is 838. The van der Waals surface area contributed by atoms with Crippen LogP contribution >= 0.6 is 22.7 Å². The normalized spacial score (nSPS) is 18.0. The number of carbonyl (C=O) groups excluding carboxylic acids is 1. The Hall–Kier alpha value is -1.99. The molecule has 1 saturated heterocycles. The summed E-state index contributed by atoms with van der Waals surface area (Å²) in [5.41, 5.74) is 0.765. The lowest BCUT2D eigenvalue weighted by Crippen LogP contribution is -2.39. The van der Waals surface area contributed by atoms with Crippen molar-refractivity contribution in [2.75, 3.05) is 13.1 Å². The number of hydrogen-bond acceptors (Lipinski definition) is 6. The number of aryl methyl sites for hydroxylation is 1. The average molecular weight is 359 g/mol. The summed E-state index contributed by atoms with van der Waals surface area (Å²) < 4.78 is 5.89. The van der Waals surface area contributed by atoms with Crippen LogP contribution in [0.2, 0.25) is 0 Å². The van der Waals surface area contributed by atoms with Crippen molar-refractivity contribution in [3.63, 3.8) is 0 Å². The fourth-order valence-electron chi connectivity index (χ4n) is 2.98. The second-order valence-electron chi connectivity index (χ2n) is 5.96. The predicted molar refractivity (Wildman–Crippen MR) is 94.5 cm³/mol. The Morgan fingerprint density at radius 1 is 1.33 bits per heavy atom. The number of thiophene rings is 2. The molecule has 3 aromatic heterocycles. The zero-order valence-electron chi connectivity index (χ0n) is 13.3. The summed E-state index contributed by atoms with van der Waals surface area (Å²) in [7, 11) is 0. The Balaban J connectivity index is 1.50. The first kappa shape index (κ1) is 15.5. The number of likely N-dealkylation sites (tertiary alicyclic amines) is 1. The number of carbonyl (C=O) groups is 1. The summed E-state index contributed by atoms with van der Waals surface area (Å²) in [4.78, 5) is 16.6. The Labute approximate surface area is 147 Å². The van der Waals surface area contributed by atoms with E-state index in [1.54, 1.807) is 22.7 Å². The van der Waals surface area contributed by atoms with Gasteiger partial charge in [-0.3, -0.25) is 4.79 Å². The van der Waals surface area contributed by atoms with Gasteiger partial charge in [-0.25, -0.2) is 0 Å². The molecule has 5 nitrogen and oxygen atoms in total. The fourth-order valence-corrected chi connectivity index (χ4v) is 4.40. The summed E-state index contributed by atoms with van der Waals surface area (Å²) >= 11 is 3.19. The number of piperidine rings is 1. The minimum Gasteiger partial charge on any atom is -0.420 e. The first-order chi connectivity index (χ1) is 11.7. The van der Waals surface area contributed by atoms with Crippen LogP contribution in [0.25, 0.3) is 10.8 Å². The van der Waals surface area contributed by atoms with Gasteiger partial charge in [-0.2, -0.15) is 11.3 Å². The minimum absolute atomic E-state index is 0.0922. The molecule has 1 aliphatic heterocycles. The van der Waals surface area contributed by atoms with Crippen LogP contribution < -0.4 is 0 Å². The third kappa shape index (κ3) is 3.01. The summed E-state index contributed by atoms with van der Waals surface area (Å²) in [5, 5.41) is 12.3. The molecular formula is C17H17N3O2S2. The first-order valence-electron chi connectivity index (χ1n) is 7.92. The summed E-state index contributed by atoms with van der Waals surface area (Å²) in [6.45, 7) is 3.48. The van der Waals surface area contributed by atoms with Gasteiger partial charge in [0.15, 0.2) is 0 Å². The molecule has 1 aliphatic rings. The molecule has 1 atom stereocenters. The Morgan fingerprint density at radius 3 is 3.00 bits per heavy atom. The highest BCUT2D eigenvalue weighted by Crippen LogP contribution is 2.31. The van der Waals surface area contributed by atoms with Crippen molar-refractivity contribution in [1.29, 1.82) is 0 Å². The molecule has 0 saturated carbocycles. The van der Waals surface area contributed by atoms with Crippen molar-refractivity contribution in [3.8, 4) is 10.8 Å². The van der Waals surface area contributed by atoms with Gasteiger partial charge in [0.2, 0.25) is 5.89 Å². The molecule has 0 bridgehead atoms. The fraction of sp³-hybridized carbons (Fsp3) is 0.353. The second-order valence-corrected chi connectivity index (χ2v) is 8.03. The van der Waals surface area contributed by atoms with Gasteiger partial charge in [0, 0.05) is 23.3 Å². The number of rotatable bonds is 3. The molecule has 0 aliphatic carbocycles. The van der Waals surface area contributed by atoms with E-state index in [1.807, 2.05) is 33.9 Å². The number of hydrogen-bond donors (Lipinski definition) is 0. The van der Waals surface area contributed by atoms with E-state index in [2.05, 4.69) is 17.1 Å². The van der Waals surface area contributed by atoms with Crippen LogP contribution in [0.1, 0.15) is 39.9 Å². The van der Waals surface area contributed by atoms with Crippen molar-refractivity contribution in [2.45, 2.75) is 25.7 Å². The zero-order chi connectivity index (χ0) is 16.5. The molecule has 0 spiro atoms. The maximum Gasteiger partial charge on any atom is 0.257 e. The van der Waals surface area contributed by atoms with E-state index in [0.717, 1.165) is 29.8 Å². The van der Waals surface area contributed by atoms with Crippen LogP contribution in [0.5, 0.6) is 0 Å². The molecule has 4 heterocycles. The molecule has 3 aromatic rings. The van der Waals surface area contributed by atoms with E-state index >= 15 is 0 Å². The molecule has 0 radical (unpaired) electrons. The maximum absolute atomic E-state index is 12.5. The monoisotopic (exact) mass is 359 g/mol. The van der Waals surface area contributed by atoms with Crippen LogP contribution in [-0.2, 0) is 0 Å². The van der Waals surface area contributed by atoms with Crippen LogP contribution in [0.15, 0.2) is 33.4 Å². The van der Waals surface area contributed by atoms with Crippen LogP contribution in [0.3, 0.4) is 0 Å². The van der Waals surface area contributed by atoms with Gasteiger partial charge < -0.3 is 9.32 Å². The number of aromatic nitrogens is 2. The van der Waals surface area contributed by atoms with Crippen molar-refractivity contribution >= 4 is 28.6 Å². The Kier molecular flexibility index (Phi) is 4.20. The molecule has 4 rings (SSSR count). The van der Waals surface area contributed by atoms with Crippen molar-refractivity contribution in [1.82, 2.24) is 15.1 Å². The van der Waals surface area contributed by atoms with E-state index < -0.39 is 0 Å². The SMILES string of the molecule is Cc1ccc(-c2nnc([C@@H]3CCCN(C(=O)c4ccsc4)C3)o2)s1. The number of amides is 1. The van der Waals surface area contributed by atoms with Gasteiger partial charge in [-0.15, -0.1) is 21.5 Å². The molecule has 1 amide bonds. The van der Waals surface area contributed by atoms with E-state index in [1.165, 1.54) is 4.88 Å². The lowest BCUT2D eigenvalue weighted by Gasteiger charge is -2.30. The van der Waals surface area contributed by atoms with Crippen LogP contribution in [0, 0.1) is 6.92 Å². The van der Waals surface area contributed by atoms with Gasteiger partial charge in [0.25, 0.3) is 11.8 Å². The average Bonchev–Trinajstić information content (AvgIpc) is 3.35. The van der Waals surface area contributed by atoms with E-state index in [9.17, 15) is 4.79 Å². The van der Waals surface area contributed by atoms with Crippen molar-refractivity contribution in [3.05, 3.63) is 45.3 Å². The summed E-state index contributed by atoms with van der Waals surface area (Å²) in [5.74, 6) is 1.42. The van der Waals surface area contributed by atoms with Crippen LogP contribution in [0.4, 0.5) is 0 Å². The lowest BCUT2D eigenvalue weighted by atomic mass is 9.97. The zero-order valence-corrected chi connectivity index (χ0v) is 14.9. The molecule has 0 N–H and O–H groups in total. The van der Waals surface area contributed by atoms with Crippen molar-refractivity contribution in [2.24, 2.45) is 0 Å². The highest BCUT2D eigenvalue weighted by Gasteiger charge is 2.29. The summed E-state index contributed by atoms with van der Waals surface area (Å²) in [6.07, 6.45) is 1.93. The second kappa shape index (κ2) is 6.49. The first-order valence-corrected chi connectivity index (χ1v) is 9.68. The molecule has 0 aromatic carbocycles. The summed E-state index contributed by atoms with van der Waals surface area (Å²) in [6, 6.07) is 5.93. The van der Waals surface area contributed by atoms with Crippen LogP contribution in [-0.4, -0.2) is 34.1 Å². The maximum atomic E-state index is 12.5. The van der Waals surface area contributed by atoms with Gasteiger partial charge >= 0.3 is 0 Å². The standard InChI is InChI=1S/C17H17N3O2S2/c1-11-4-5-14(24-11)16-19-18-15(22-16)12-3-2-7-20(9-12)17(21)13-6-8-23-10-13/h4-6,8,10,12H,2-3,7,9H2,1H3/t12-/m1/s1. The van der Waals surface area contributed by atoms with E-state index in [0.29, 0.717) is 18.3 Å². The largest absolute Gasteiger partial charge is 0.420 e. The minimum atomic E-state index is 0.0922. The molecular weight excluding hydrogens is 342 g/mol. The van der Waals surface area contributed by atoms with Crippen molar-refractivity contribution < 1.29 is 9.21 Å². The third-order valence-corrected chi connectivity index (χ3v) is 5.89. The quantitative estimate of drug-likeness (QED) is 0.704. The molecule has 24 heavy (non-hydrogen) atoms. The smallest absolute Gasteiger partial charge is 0.257 e. The third-order valence-electron chi connectivity index (χ3n) is 4.22. The van der Waals surface area contributed by atoms with Gasteiger partial charge in [-0.1, -0.05) is 0 Å². The van der Waals surface area contributed by atoms with Gasteiger partial charge in [0.1, 0.15) is 0 Å². The molecule has 0 unspecified atom stereocenters. The number of nitrogens with zero attached hydrogens (tertiary/aromatic N) is 3. The van der Waals surface area contributed by atoms with E-state index in [4.69, 9.17) is 4.42 Å². The van der Waals surface area contributed by atoms with E-state index in [-0.39, 0.29) is 11.8 Å².